The van der Waals surface area contributed by atoms with Gasteiger partial charge in [-0.2, -0.15) is 4.80 Å². The van der Waals surface area contributed by atoms with Gasteiger partial charge < -0.3 is 5.32 Å². The molecule has 0 fully saturated rings. The van der Waals surface area contributed by atoms with Crippen molar-refractivity contribution in [1.29, 1.82) is 0 Å². The summed E-state index contributed by atoms with van der Waals surface area (Å²) in [5, 5.41) is 15.1. The topological polar surface area (TPSA) is 72.7 Å². The first-order valence-electron chi connectivity index (χ1n) is 8.37. The lowest BCUT2D eigenvalue weighted by molar-refractivity contribution is 0.0934. The minimum absolute atomic E-state index is 0.0139. The van der Waals surface area contributed by atoms with E-state index in [1.165, 1.54) is 4.80 Å². The van der Waals surface area contributed by atoms with Gasteiger partial charge in [-0.1, -0.05) is 55.8 Å². The molecule has 1 amide bonds. The van der Waals surface area contributed by atoms with Gasteiger partial charge in [-0.3, -0.25) is 4.79 Å². The van der Waals surface area contributed by atoms with Crippen LogP contribution < -0.4 is 5.32 Å². The first-order chi connectivity index (χ1) is 12.2. The lowest BCUT2D eigenvalue weighted by Crippen LogP contribution is -2.28. The van der Waals surface area contributed by atoms with Gasteiger partial charge in [-0.25, -0.2) is 0 Å². The van der Waals surface area contributed by atoms with Gasteiger partial charge in [-0.05, 0) is 29.3 Å². The molecular weight excluding hydrogens is 314 g/mol. The minimum atomic E-state index is -0.0824. The van der Waals surface area contributed by atoms with E-state index in [9.17, 15) is 4.79 Å². The Morgan fingerprint density at radius 3 is 2.44 bits per heavy atom. The Bertz CT molecular complexity index is 827. The monoisotopic (exact) mass is 335 g/mol. The lowest BCUT2D eigenvalue weighted by Gasteiger charge is -2.18. The number of rotatable bonds is 6. The smallest absolute Gasteiger partial charge is 0.251 e. The molecule has 1 atom stereocenters. The van der Waals surface area contributed by atoms with Crippen LogP contribution in [0.4, 0.5) is 0 Å². The molecule has 2 aromatic carbocycles. The number of amides is 1. The van der Waals surface area contributed by atoms with Crippen molar-refractivity contribution in [1.82, 2.24) is 25.5 Å². The fraction of sp³-hybridized carbons (Fsp3) is 0.263. The summed E-state index contributed by atoms with van der Waals surface area (Å²) in [7, 11) is 1.72. The maximum absolute atomic E-state index is 12.6. The Balaban J connectivity index is 1.73. The molecule has 0 aliphatic heterocycles. The molecule has 128 valence electrons. The number of hydrogen-bond donors (Lipinski definition) is 1. The van der Waals surface area contributed by atoms with E-state index in [1.807, 2.05) is 42.5 Å². The van der Waals surface area contributed by atoms with Crippen LogP contribution in [-0.2, 0) is 7.05 Å². The van der Waals surface area contributed by atoms with E-state index in [4.69, 9.17) is 0 Å². The fourth-order valence-electron chi connectivity index (χ4n) is 2.71. The number of benzene rings is 2. The molecule has 25 heavy (non-hydrogen) atoms. The summed E-state index contributed by atoms with van der Waals surface area (Å²) in [4.78, 5) is 14.0. The van der Waals surface area contributed by atoms with Crippen LogP contribution in [0.2, 0.25) is 0 Å². The second kappa shape index (κ2) is 7.70. The number of tetrazole rings is 1. The first-order valence-corrected chi connectivity index (χ1v) is 8.37. The molecule has 0 spiro atoms. The Morgan fingerprint density at radius 2 is 1.84 bits per heavy atom. The number of nitrogens with one attached hydrogen (secondary N) is 1. The van der Waals surface area contributed by atoms with Crippen LogP contribution in [0.25, 0.3) is 11.4 Å². The number of nitrogens with zero attached hydrogens (tertiary/aromatic N) is 4. The number of aryl methyl sites for hydroxylation is 1. The molecule has 0 saturated heterocycles. The second-order valence-electron chi connectivity index (χ2n) is 5.91. The van der Waals surface area contributed by atoms with Crippen LogP contribution in [0.3, 0.4) is 0 Å². The Hall–Kier alpha value is -3.02. The third kappa shape index (κ3) is 4.09. The standard InChI is InChI=1S/C19H21N5O/c1-3-7-17(14-8-5-4-6-9-14)20-19(25)16-12-10-15(11-13-16)18-21-23-24(2)22-18/h4-6,8-13,17H,3,7H2,1-2H3,(H,20,25). The maximum Gasteiger partial charge on any atom is 0.251 e. The predicted octanol–water partition coefficient (Wildman–Crippen LogP) is 3.15. The molecule has 0 saturated carbocycles. The zero-order valence-corrected chi connectivity index (χ0v) is 14.4. The van der Waals surface area contributed by atoms with E-state index in [0.29, 0.717) is 11.4 Å². The third-order valence-electron chi connectivity index (χ3n) is 4.00. The molecule has 3 aromatic rings. The quantitative estimate of drug-likeness (QED) is 0.751. The Morgan fingerprint density at radius 1 is 1.12 bits per heavy atom. The summed E-state index contributed by atoms with van der Waals surface area (Å²) >= 11 is 0. The molecule has 1 heterocycles. The predicted molar refractivity (Wildman–Crippen MR) is 95.8 cm³/mol. The Labute approximate surface area is 146 Å². The molecule has 0 aliphatic carbocycles. The van der Waals surface area contributed by atoms with Gasteiger partial charge >= 0.3 is 0 Å². The van der Waals surface area contributed by atoms with Gasteiger partial charge in [0, 0.05) is 11.1 Å². The highest BCUT2D eigenvalue weighted by Gasteiger charge is 2.15. The second-order valence-corrected chi connectivity index (χ2v) is 5.91. The van der Waals surface area contributed by atoms with Crippen molar-refractivity contribution in [2.75, 3.05) is 0 Å². The molecule has 1 aromatic heterocycles. The van der Waals surface area contributed by atoms with E-state index in [-0.39, 0.29) is 11.9 Å². The van der Waals surface area contributed by atoms with Gasteiger partial charge in [-0.15, -0.1) is 10.2 Å². The van der Waals surface area contributed by atoms with Crippen LogP contribution in [-0.4, -0.2) is 26.1 Å². The molecule has 0 radical (unpaired) electrons. The van der Waals surface area contributed by atoms with Crippen LogP contribution in [0.5, 0.6) is 0 Å². The van der Waals surface area contributed by atoms with Crippen molar-refractivity contribution in [3.05, 3.63) is 65.7 Å². The molecule has 1 N–H and O–H groups in total. The molecule has 6 heteroatoms. The van der Waals surface area contributed by atoms with Crippen molar-refractivity contribution in [2.45, 2.75) is 25.8 Å². The van der Waals surface area contributed by atoms with Crippen LogP contribution in [0.1, 0.15) is 41.7 Å². The van der Waals surface area contributed by atoms with Gasteiger partial charge in [0.05, 0.1) is 13.1 Å². The van der Waals surface area contributed by atoms with Crippen LogP contribution in [0, 0.1) is 0 Å². The zero-order chi connectivity index (χ0) is 17.6. The number of carbonyl (C=O) groups excluding carboxylic acids is 1. The zero-order valence-electron chi connectivity index (χ0n) is 14.4. The highest BCUT2D eigenvalue weighted by atomic mass is 16.1. The van der Waals surface area contributed by atoms with Gasteiger partial charge in [0.25, 0.3) is 5.91 Å². The van der Waals surface area contributed by atoms with Gasteiger partial charge in [0.15, 0.2) is 0 Å². The fourth-order valence-corrected chi connectivity index (χ4v) is 2.71. The van der Waals surface area contributed by atoms with Crippen molar-refractivity contribution in [3.8, 4) is 11.4 Å². The summed E-state index contributed by atoms with van der Waals surface area (Å²) in [6.45, 7) is 2.12. The van der Waals surface area contributed by atoms with E-state index >= 15 is 0 Å². The summed E-state index contributed by atoms with van der Waals surface area (Å²) in [6, 6.07) is 17.3. The van der Waals surface area contributed by atoms with E-state index in [0.717, 1.165) is 24.0 Å². The summed E-state index contributed by atoms with van der Waals surface area (Å²) in [6.07, 6.45) is 1.90. The third-order valence-corrected chi connectivity index (χ3v) is 4.00. The largest absolute Gasteiger partial charge is 0.345 e. The molecule has 0 aliphatic rings. The summed E-state index contributed by atoms with van der Waals surface area (Å²) in [5.74, 6) is 0.462. The van der Waals surface area contributed by atoms with Crippen LogP contribution >= 0.6 is 0 Å². The number of aromatic nitrogens is 4. The molecule has 1 unspecified atom stereocenters. The van der Waals surface area contributed by atoms with Crippen LogP contribution in [0.15, 0.2) is 54.6 Å². The highest BCUT2D eigenvalue weighted by Crippen LogP contribution is 2.20. The van der Waals surface area contributed by atoms with Crippen molar-refractivity contribution in [2.24, 2.45) is 7.05 Å². The molecule has 6 nitrogen and oxygen atoms in total. The average molecular weight is 335 g/mol. The first kappa shape index (κ1) is 16.8. The van der Waals surface area contributed by atoms with Crippen molar-refractivity contribution in [3.63, 3.8) is 0 Å². The van der Waals surface area contributed by atoms with Gasteiger partial charge in [0.2, 0.25) is 5.82 Å². The summed E-state index contributed by atoms with van der Waals surface area (Å²) in [5.41, 5.74) is 2.57. The van der Waals surface area contributed by atoms with Gasteiger partial charge in [0.1, 0.15) is 0 Å². The van der Waals surface area contributed by atoms with E-state index < -0.39 is 0 Å². The molecule has 0 bridgehead atoms. The maximum atomic E-state index is 12.6. The van der Waals surface area contributed by atoms with Crippen molar-refractivity contribution >= 4 is 5.91 Å². The summed E-state index contributed by atoms with van der Waals surface area (Å²) < 4.78 is 0. The number of carbonyl (C=O) groups is 1. The van der Waals surface area contributed by atoms with E-state index in [1.54, 1.807) is 19.2 Å². The molecular formula is C19H21N5O. The molecule has 3 rings (SSSR count). The average Bonchev–Trinajstić information content (AvgIpc) is 3.08. The van der Waals surface area contributed by atoms with Crippen molar-refractivity contribution < 1.29 is 4.79 Å². The number of hydrogen-bond acceptors (Lipinski definition) is 4. The normalized spacial score (nSPS) is 11.9. The highest BCUT2D eigenvalue weighted by molar-refractivity contribution is 5.94. The lowest BCUT2D eigenvalue weighted by atomic mass is 10.0. The Kier molecular flexibility index (Phi) is 5.18. The minimum Gasteiger partial charge on any atom is -0.345 e. The SMILES string of the molecule is CCCC(NC(=O)c1ccc(-c2nnn(C)n2)cc1)c1ccccc1. The van der Waals surface area contributed by atoms with E-state index in [2.05, 4.69) is 27.7 Å².